The summed E-state index contributed by atoms with van der Waals surface area (Å²) in [5, 5.41) is 0. The largest absolute Gasteiger partial charge is 0.348 e. The molecule has 0 amide bonds. The lowest BCUT2D eigenvalue weighted by Gasteiger charge is -2.28. The van der Waals surface area contributed by atoms with Crippen molar-refractivity contribution in [3.63, 3.8) is 0 Å². The molecule has 3 aliphatic rings. The minimum atomic E-state index is -1.44. The Morgan fingerprint density at radius 2 is 1.76 bits per heavy atom. The summed E-state index contributed by atoms with van der Waals surface area (Å²) in [6.45, 7) is 7.68. The van der Waals surface area contributed by atoms with Crippen molar-refractivity contribution in [1.82, 2.24) is 0 Å². The lowest BCUT2D eigenvalue weighted by Crippen LogP contribution is -2.44. The summed E-state index contributed by atoms with van der Waals surface area (Å²) in [7, 11) is 0. The Hall–Kier alpha value is -0.0900. The van der Waals surface area contributed by atoms with Crippen molar-refractivity contribution in [2.45, 2.75) is 70.0 Å². The molecule has 0 N–H and O–H groups in total. The summed E-state index contributed by atoms with van der Waals surface area (Å²) in [5.74, 6) is -1.41. The Kier molecular flexibility index (Phi) is 3.93. The maximum Gasteiger partial charge on any atom is 0.190 e. The fourth-order valence-electron chi connectivity index (χ4n) is 2.95. The lowest BCUT2D eigenvalue weighted by atomic mass is 10.1. The molecular formula is C13H22O7S. The normalized spacial score (nSPS) is 45.7. The third-order valence-corrected chi connectivity index (χ3v) is 4.16. The second-order valence-corrected chi connectivity index (χ2v) is 7.39. The second kappa shape index (κ2) is 5.23. The van der Waals surface area contributed by atoms with Gasteiger partial charge < -0.3 is 23.7 Å². The molecule has 0 bridgehead atoms. The molecular weight excluding hydrogens is 300 g/mol. The van der Waals surface area contributed by atoms with Gasteiger partial charge in [0.25, 0.3) is 0 Å². The molecule has 122 valence electrons. The first-order valence-electron chi connectivity index (χ1n) is 7.00. The van der Waals surface area contributed by atoms with Gasteiger partial charge in [-0.15, -0.1) is 0 Å². The monoisotopic (exact) mass is 322 g/mol. The van der Waals surface area contributed by atoms with Gasteiger partial charge in [0.1, 0.15) is 24.4 Å². The van der Waals surface area contributed by atoms with E-state index in [1.54, 1.807) is 0 Å². The van der Waals surface area contributed by atoms with Crippen LogP contribution in [0, 0.1) is 0 Å². The third-order valence-electron chi connectivity index (χ3n) is 3.67. The molecule has 0 aromatic carbocycles. The quantitative estimate of drug-likeness (QED) is 0.757. The Morgan fingerprint density at radius 1 is 1.05 bits per heavy atom. The molecule has 0 unspecified atom stereocenters. The van der Waals surface area contributed by atoms with E-state index >= 15 is 0 Å². The van der Waals surface area contributed by atoms with Gasteiger partial charge >= 0.3 is 0 Å². The van der Waals surface area contributed by atoms with Gasteiger partial charge in [-0.05, 0) is 27.7 Å². The molecule has 3 fully saturated rings. The number of fused-ring (bicyclic) bond motifs is 1. The summed E-state index contributed by atoms with van der Waals surface area (Å²) in [5.41, 5.74) is 0. The van der Waals surface area contributed by atoms with Crippen LogP contribution < -0.4 is 0 Å². The summed E-state index contributed by atoms with van der Waals surface area (Å²) in [6.07, 6.45) is -0.783. The van der Waals surface area contributed by atoms with E-state index in [9.17, 15) is 4.21 Å². The van der Waals surface area contributed by atoms with Crippen LogP contribution >= 0.6 is 0 Å². The molecule has 3 aliphatic heterocycles. The zero-order chi connectivity index (χ0) is 15.4. The molecule has 8 heteroatoms. The third kappa shape index (κ3) is 3.17. The van der Waals surface area contributed by atoms with Gasteiger partial charge in [0.2, 0.25) is 0 Å². The van der Waals surface area contributed by atoms with E-state index in [0.717, 1.165) is 0 Å². The first-order valence-corrected chi connectivity index (χ1v) is 8.49. The van der Waals surface area contributed by atoms with Crippen molar-refractivity contribution in [3.8, 4) is 0 Å². The van der Waals surface area contributed by atoms with E-state index in [4.69, 9.17) is 27.9 Å². The fourth-order valence-corrected chi connectivity index (χ4v) is 3.48. The smallest absolute Gasteiger partial charge is 0.190 e. The molecule has 6 atom stereocenters. The average molecular weight is 322 g/mol. The van der Waals surface area contributed by atoms with Crippen molar-refractivity contribution in [2.24, 2.45) is 0 Å². The van der Waals surface area contributed by atoms with Gasteiger partial charge in [-0.3, -0.25) is 4.18 Å². The van der Waals surface area contributed by atoms with E-state index in [0.29, 0.717) is 6.61 Å². The summed E-state index contributed by atoms with van der Waals surface area (Å²) >= 11 is -1.44. The van der Waals surface area contributed by atoms with Crippen LogP contribution in [-0.2, 0) is 38.9 Å². The molecule has 21 heavy (non-hydrogen) atoms. The maximum absolute atomic E-state index is 11.5. The fraction of sp³-hybridized carbons (Fsp3) is 1.00. The number of hydrogen-bond acceptors (Lipinski definition) is 7. The molecule has 7 nitrogen and oxygen atoms in total. The molecule has 3 heterocycles. The Labute approximate surface area is 126 Å². The van der Waals surface area contributed by atoms with Crippen LogP contribution in [0.3, 0.4) is 0 Å². The van der Waals surface area contributed by atoms with Crippen molar-refractivity contribution in [2.75, 3.05) is 12.9 Å². The lowest BCUT2D eigenvalue weighted by molar-refractivity contribution is -0.230. The van der Waals surface area contributed by atoms with E-state index in [2.05, 4.69) is 0 Å². The Balaban J connectivity index is 1.77. The van der Waals surface area contributed by atoms with Crippen LogP contribution in [0.4, 0.5) is 0 Å². The standard InChI is InChI=1S/C13H22O7S/c1-12(2)15-6-7(17-12)8-9(20-21(5)14)10-11(16-8)19-13(3,4)18-10/h7-11H,6H2,1-5H3/t7-,8-,9+,10-,11-,21+/m1/s1. The highest BCUT2D eigenvalue weighted by atomic mass is 32.2. The average Bonchev–Trinajstić information content (AvgIpc) is 2.90. The highest BCUT2D eigenvalue weighted by Gasteiger charge is 2.59. The summed E-state index contributed by atoms with van der Waals surface area (Å²) < 4.78 is 45.8. The van der Waals surface area contributed by atoms with E-state index in [-0.39, 0.29) is 6.10 Å². The van der Waals surface area contributed by atoms with Gasteiger partial charge in [-0.1, -0.05) is 0 Å². The van der Waals surface area contributed by atoms with E-state index in [1.165, 1.54) is 6.26 Å². The van der Waals surface area contributed by atoms with Crippen LogP contribution in [0.15, 0.2) is 0 Å². The summed E-state index contributed by atoms with van der Waals surface area (Å²) in [6, 6.07) is 0. The molecule has 3 saturated heterocycles. The van der Waals surface area contributed by atoms with Crippen LogP contribution in [0.5, 0.6) is 0 Å². The molecule has 0 aliphatic carbocycles. The minimum absolute atomic E-state index is 0.311. The molecule has 0 saturated carbocycles. The Morgan fingerprint density at radius 3 is 2.33 bits per heavy atom. The SMILES string of the molecule is C[S@@](=O)O[C@@H]1[C@H]2OC(C)(C)O[C@H]2O[C@@H]1[C@H]1COC(C)(C)O1. The van der Waals surface area contributed by atoms with E-state index < -0.39 is 47.3 Å². The molecule has 0 aromatic heterocycles. The zero-order valence-corrected chi connectivity index (χ0v) is 13.7. The maximum atomic E-state index is 11.5. The van der Waals surface area contributed by atoms with Gasteiger partial charge in [0.15, 0.2) is 28.9 Å². The molecule has 3 rings (SSSR count). The topological polar surface area (TPSA) is 72.5 Å². The van der Waals surface area contributed by atoms with Gasteiger partial charge in [-0.25, -0.2) is 4.21 Å². The minimum Gasteiger partial charge on any atom is -0.348 e. The predicted octanol–water partition coefficient (Wildman–Crippen LogP) is 0.693. The first-order chi connectivity index (χ1) is 9.67. The highest BCUT2D eigenvalue weighted by Crippen LogP contribution is 2.42. The number of rotatable bonds is 3. The van der Waals surface area contributed by atoms with Crippen molar-refractivity contribution >= 4 is 11.1 Å². The van der Waals surface area contributed by atoms with E-state index in [1.807, 2.05) is 27.7 Å². The predicted molar refractivity (Wildman–Crippen MR) is 72.5 cm³/mol. The Bertz CT molecular complexity index is 438. The number of ether oxygens (including phenoxy) is 5. The van der Waals surface area contributed by atoms with Crippen LogP contribution in [0.1, 0.15) is 27.7 Å². The molecule has 0 spiro atoms. The zero-order valence-electron chi connectivity index (χ0n) is 12.9. The van der Waals surface area contributed by atoms with Gasteiger partial charge in [-0.2, -0.15) is 0 Å². The van der Waals surface area contributed by atoms with Crippen molar-refractivity contribution in [3.05, 3.63) is 0 Å². The number of hydrogen-bond donors (Lipinski definition) is 0. The van der Waals surface area contributed by atoms with Gasteiger partial charge in [0, 0.05) is 6.26 Å². The van der Waals surface area contributed by atoms with Crippen LogP contribution in [0.2, 0.25) is 0 Å². The molecule has 0 radical (unpaired) electrons. The van der Waals surface area contributed by atoms with Crippen LogP contribution in [0.25, 0.3) is 0 Å². The first kappa shape index (κ1) is 15.8. The van der Waals surface area contributed by atoms with Crippen molar-refractivity contribution < 1.29 is 32.1 Å². The van der Waals surface area contributed by atoms with Gasteiger partial charge in [0.05, 0.1) is 6.61 Å². The van der Waals surface area contributed by atoms with Crippen LogP contribution in [-0.4, -0.2) is 59.4 Å². The van der Waals surface area contributed by atoms with Crippen molar-refractivity contribution in [1.29, 1.82) is 0 Å². The highest BCUT2D eigenvalue weighted by molar-refractivity contribution is 7.79. The second-order valence-electron chi connectivity index (χ2n) is 6.40. The molecule has 0 aromatic rings. The summed E-state index contributed by atoms with van der Waals surface area (Å²) in [4.78, 5) is 0.